The number of benzene rings is 3. The van der Waals surface area contributed by atoms with Gasteiger partial charge in [-0.25, -0.2) is 9.18 Å². The lowest BCUT2D eigenvalue weighted by atomic mass is 9.97. The van der Waals surface area contributed by atoms with E-state index in [-0.39, 0.29) is 22.4 Å². The quantitative estimate of drug-likeness (QED) is 0.301. The molecule has 1 aliphatic rings. The normalized spacial score (nSPS) is 16.6. The Morgan fingerprint density at radius 1 is 1.03 bits per heavy atom. The second-order valence-electron chi connectivity index (χ2n) is 7.70. The number of carbonyl (C=O) groups excluding carboxylic acids is 2. The van der Waals surface area contributed by atoms with Gasteiger partial charge in [0.15, 0.2) is 6.04 Å². The summed E-state index contributed by atoms with van der Waals surface area (Å²) in [6, 6.07) is 9.86. The first-order valence-electron chi connectivity index (χ1n) is 10.2. The van der Waals surface area contributed by atoms with Crippen molar-refractivity contribution in [3.8, 4) is 5.75 Å². The molecule has 0 aromatic heterocycles. The monoisotopic (exact) mass is 614 g/mol. The Hall–Kier alpha value is -3.68. The smallest absolute Gasteiger partial charge is 0.479 e. The number of nitrogens with zero attached hydrogens (tertiary/aromatic N) is 1. The Morgan fingerprint density at radius 2 is 1.67 bits per heavy atom. The number of hydrogen-bond donors (Lipinski definition) is 2. The number of hydrogen-bond acceptors (Lipinski definition) is 4. The number of nitrogens with one attached hydrogen (secondary N) is 1. The first-order valence-corrected chi connectivity index (χ1v) is 11.3. The van der Waals surface area contributed by atoms with Crippen molar-refractivity contribution in [2.75, 3.05) is 5.32 Å². The first kappa shape index (κ1) is 25.4. The SMILES string of the molecule is O=C(O)C(c1ccc(F)cc1)N1C(=O)c2cc(I)ccc2NC(=O)C1c1ccc(OC(F)(F)F)cc1. The van der Waals surface area contributed by atoms with Crippen molar-refractivity contribution in [1.29, 1.82) is 0 Å². The summed E-state index contributed by atoms with van der Waals surface area (Å²) in [6.45, 7) is 0. The number of anilines is 1. The molecule has 12 heteroatoms. The van der Waals surface area contributed by atoms with Gasteiger partial charge in [-0.2, -0.15) is 0 Å². The van der Waals surface area contributed by atoms with Crippen molar-refractivity contribution in [2.24, 2.45) is 0 Å². The van der Waals surface area contributed by atoms with E-state index in [2.05, 4.69) is 10.1 Å². The highest BCUT2D eigenvalue weighted by Gasteiger charge is 2.44. The number of halogens is 5. The highest BCUT2D eigenvalue weighted by atomic mass is 127. The van der Waals surface area contributed by atoms with Crippen LogP contribution >= 0.6 is 22.6 Å². The van der Waals surface area contributed by atoms with E-state index < -0.39 is 47.8 Å². The molecule has 0 bridgehead atoms. The van der Waals surface area contributed by atoms with E-state index in [4.69, 9.17) is 0 Å². The van der Waals surface area contributed by atoms with Gasteiger partial charge in [0.05, 0.1) is 11.3 Å². The number of ether oxygens (including phenoxy) is 1. The molecule has 1 aliphatic heterocycles. The number of fused-ring (bicyclic) bond motifs is 1. The fraction of sp³-hybridized carbons (Fsp3) is 0.125. The Labute approximate surface area is 214 Å². The van der Waals surface area contributed by atoms with Crippen molar-refractivity contribution in [2.45, 2.75) is 18.4 Å². The molecule has 0 saturated heterocycles. The minimum Gasteiger partial charge on any atom is -0.479 e. The molecular weight excluding hydrogens is 599 g/mol. The van der Waals surface area contributed by atoms with Gasteiger partial charge in [0, 0.05) is 3.57 Å². The molecular formula is C24H15F4IN2O5. The van der Waals surface area contributed by atoms with E-state index in [1.165, 1.54) is 24.3 Å². The maximum atomic E-state index is 13.8. The Bertz CT molecular complexity index is 1330. The predicted octanol–water partition coefficient (Wildman–Crippen LogP) is 5.29. The van der Waals surface area contributed by atoms with Gasteiger partial charge in [0.1, 0.15) is 17.6 Å². The predicted molar refractivity (Wildman–Crippen MR) is 127 cm³/mol. The van der Waals surface area contributed by atoms with Gasteiger partial charge in [0.2, 0.25) is 0 Å². The average molecular weight is 614 g/mol. The van der Waals surface area contributed by atoms with Gasteiger partial charge in [-0.15, -0.1) is 13.2 Å². The van der Waals surface area contributed by atoms with E-state index in [0.717, 1.165) is 41.3 Å². The summed E-state index contributed by atoms with van der Waals surface area (Å²) in [6.07, 6.45) is -4.95. The summed E-state index contributed by atoms with van der Waals surface area (Å²) in [5.74, 6) is -4.32. The molecule has 2 atom stereocenters. The van der Waals surface area contributed by atoms with E-state index in [1.807, 2.05) is 22.6 Å². The standard InChI is InChI=1S/C24H15F4IN2O5/c25-14-5-1-13(2-6-14)20(23(34)35)31-19(12-3-8-16(9-4-12)36-24(26,27)28)21(32)30-18-10-7-15(29)11-17(18)22(31)33/h1-11,19-20H,(H,30,32)(H,34,35). The number of aliphatic carboxylic acids is 1. The molecule has 2 N–H and O–H groups in total. The largest absolute Gasteiger partial charge is 0.573 e. The van der Waals surface area contributed by atoms with Crippen LogP contribution in [-0.2, 0) is 9.59 Å². The van der Waals surface area contributed by atoms with Crippen molar-refractivity contribution in [3.63, 3.8) is 0 Å². The number of carboxylic acids is 1. The number of carbonyl (C=O) groups is 3. The van der Waals surface area contributed by atoms with Crippen molar-refractivity contribution in [1.82, 2.24) is 4.90 Å². The molecule has 7 nitrogen and oxygen atoms in total. The summed E-state index contributed by atoms with van der Waals surface area (Å²) >= 11 is 1.95. The Kier molecular flexibility index (Phi) is 6.89. The Balaban J connectivity index is 1.88. The van der Waals surface area contributed by atoms with Crippen LogP contribution < -0.4 is 10.1 Å². The number of alkyl halides is 3. The summed E-state index contributed by atoms with van der Waals surface area (Å²) in [4.78, 5) is 40.4. The number of amides is 2. The lowest BCUT2D eigenvalue weighted by Crippen LogP contribution is -2.44. The van der Waals surface area contributed by atoms with E-state index in [9.17, 15) is 37.1 Å². The Morgan fingerprint density at radius 3 is 2.25 bits per heavy atom. The average Bonchev–Trinajstić information content (AvgIpc) is 2.89. The second-order valence-corrected chi connectivity index (χ2v) is 8.95. The van der Waals surface area contributed by atoms with E-state index >= 15 is 0 Å². The third-order valence-electron chi connectivity index (χ3n) is 5.36. The fourth-order valence-corrected chi connectivity index (χ4v) is 4.37. The zero-order valence-corrected chi connectivity index (χ0v) is 20.1. The van der Waals surface area contributed by atoms with Crippen LogP contribution in [0.2, 0.25) is 0 Å². The van der Waals surface area contributed by atoms with Crippen LogP contribution in [0.15, 0.2) is 66.7 Å². The summed E-state index contributed by atoms with van der Waals surface area (Å²) in [5, 5.41) is 12.7. The highest BCUT2D eigenvalue weighted by Crippen LogP contribution is 2.38. The van der Waals surface area contributed by atoms with Crippen molar-refractivity contribution in [3.05, 3.63) is 92.8 Å². The van der Waals surface area contributed by atoms with Gasteiger partial charge < -0.3 is 20.1 Å². The zero-order chi connectivity index (χ0) is 26.2. The molecule has 3 aromatic carbocycles. The molecule has 1 heterocycles. The molecule has 0 radical (unpaired) electrons. The van der Waals surface area contributed by atoms with Crippen molar-refractivity contribution >= 4 is 46.1 Å². The third-order valence-corrected chi connectivity index (χ3v) is 6.03. The topological polar surface area (TPSA) is 95.9 Å². The van der Waals surface area contributed by atoms with Gasteiger partial charge in [-0.1, -0.05) is 24.3 Å². The maximum Gasteiger partial charge on any atom is 0.573 e. The molecule has 0 spiro atoms. The molecule has 0 fully saturated rings. The van der Waals surface area contributed by atoms with Gasteiger partial charge in [0.25, 0.3) is 11.8 Å². The van der Waals surface area contributed by atoms with Gasteiger partial charge in [-0.05, 0) is 76.2 Å². The van der Waals surface area contributed by atoms with Gasteiger partial charge >= 0.3 is 12.3 Å². The van der Waals surface area contributed by atoms with Crippen LogP contribution in [0.1, 0.15) is 33.6 Å². The van der Waals surface area contributed by atoms with E-state index in [1.54, 1.807) is 6.07 Å². The lowest BCUT2D eigenvalue weighted by molar-refractivity contribution is -0.274. The third kappa shape index (κ3) is 5.27. The van der Waals surface area contributed by atoms with Crippen LogP contribution in [0.3, 0.4) is 0 Å². The molecule has 3 aromatic rings. The summed E-state index contributed by atoms with van der Waals surface area (Å²) in [7, 11) is 0. The van der Waals surface area contributed by atoms with Crippen LogP contribution in [-0.4, -0.2) is 34.2 Å². The van der Waals surface area contributed by atoms with Crippen LogP contribution in [0, 0.1) is 9.39 Å². The minimum absolute atomic E-state index is 0.0150. The fourth-order valence-electron chi connectivity index (χ4n) is 3.88. The lowest BCUT2D eigenvalue weighted by Gasteiger charge is -2.34. The van der Waals surface area contributed by atoms with Crippen LogP contribution in [0.25, 0.3) is 0 Å². The number of rotatable bonds is 5. The molecule has 36 heavy (non-hydrogen) atoms. The van der Waals surface area contributed by atoms with Crippen LogP contribution in [0.5, 0.6) is 5.75 Å². The molecule has 0 saturated carbocycles. The minimum atomic E-state index is -4.95. The van der Waals surface area contributed by atoms with Crippen LogP contribution in [0.4, 0.5) is 23.2 Å². The molecule has 186 valence electrons. The molecule has 0 aliphatic carbocycles. The molecule has 2 amide bonds. The first-order chi connectivity index (χ1) is 16.9. The zero-order valence-electron chi connectivity index (χ0n) is 17.9. The maximum absolute atomic E-state index is 13.8. The molecule has 2 unspecified atom stereocenters. The van der Waals surface area contributed by atoms with Gasteiger partial charge in [-0.3, -0.25) is 9.59 Å². The second kappa shape index (κ2) is 9.76. The van der Waals surface area contributed by atoms with E-state index in [0.29, 0.717) is 3.57 Å². The van der Waals surface area contributed by atoms with Crippen molar-refractivity contribution < 1.29 is 41.8 Å². The number of carboxylic acid groups (broad SMARTS) is 1. The molecule has 4 rings (SSSR count). The summed E-state index contributed by atoms with van der Waals surface area (Å²) in [5.41, 5.74) is 0.203. The highest BCUT2D eigenvalue weighted by molar-refractivity contribution is 14.1. The summed E-state index contributed by atoms with van der Waals surface area (Å²) < 4.78 is 55.8.